The summed E-state index contributed by atoms with van der Waals surface area (Å²) >= 11 is 0. The molecule has 0 unspecified atom stereocenters. The summed E-state index contributed by atoms with van der Waals surface area (Å²) in [5.74, 6) is -0.279. The molecule has 3 N–H and O–H groups in total. The highest BCUT2D eigenvalue weighted by Crippen LogP contribution is 2.12. The Morgan fingerprint density at radius 2 is 2.22 bits per heavy atom. The average molecular weight is 258 g/mol. The maximum atomic E-state index is 11.7. The molecule has 0 saturated carbocycles. The smallest absolute Gasteiger partial charge is 0.261 e. The van der Waals surface area contributed by atoms with Crippen LogP contribution in [0.15, 0.2) is 18.2 Å². The Kier molecular flexibility index (Phi) is 5.51. The Balaban J connectivity index is 2.34. The molecule has 0 heterocycles. The van der Waals surface area contributed by atoms with Crippen LogP contribution in [0.25, 0.3) is 0 Å². The van der Waals surface area contributed by atoms with Crippen LogP contribution in [0, 0.1) is 6.92 Å². The summed E-state index contributed by atoms with van der Waals surface area (Å²) in [6.45, 7) is 1.44. The summed E-state index contributed by atoms with van der Waals surface area (Å²) in [5, 5.41) is 2.57. The zero-order valence-electron chi connectivity index (χ0n) is 10.1. The van der Waals surface area contributed by atoms with Crippen LogP contribution in [-0.2, 0) is 4.74 Å². The van der Waals surface area contributed by atoms with E-state index in [1.807, 2.05) is 0 Å². The predicted octanol–water partition coefficient (Wildman–Crippen LogP) is 1.59. The molecule has 0 aliphatic heterocycles. The molecule has 0 saturated heterocycles. The number of nitrogens with one attached hydrogen (secondary N) is 1. The fourth-order valence-corrected chi connectivity index (χ4v) is 1.33. The average Bonchev–Trinajstić information content (AvgIpc) is 2.31. The molecule has 0 atom stereocenters. The zero-order chi connectivity index (χ0) is 13.5. The van der Waals surface area contributed by atoms with Gasteiger partial charge < -0.3 is 15.8 Å². The standard InChI is InChI=1S/C12H16F2N2O2/c1-8-6-9(2-3-10(8)15)12(17)16-4-5-18-7-11(13)14/h2-3,6,11H,4-5,7,15H2,1H3,(H,16,17). The van der Waals surface area contributed by atoms with Crippen LogP contribution >= 0.6 is 0 Å². The lowest BCUT2D eigenvalue weighted by atomic mass is 10.1. The molecular weight excluding hydrogens is 242 g/mol. The number of rotatable bonds is 6. The van der Waals surface area contributed by atoms with E-state index in [0.717, 1.165) is 5.56 Å². The zero-order valence-corrected chi connectivity index (χ0v) is 10.1. The highest BCUT2D eigenvalue weighted by molar-refractivity contribution is 5.94. The van der Waals surface area contributed by atoms with E-state index >= 15 is 0 Å². The van der Waals surface area contributed by atoms with E-state index in [2.05, 4.69) is 10.1 Å². The van der Waals surface area contributed by atoms with Gasteiger partial charge in [0.15, 0.2) is 0 Å². The third-order valence-corrected chi connectivity index (χ3v) is 2.31. The number of aryl methyl sites for hydroxylation is 1. The number of ether oxygens (including phenoxy) is 1. The molecule has 100 valence electrons. The van der Waals surface area contributed by atoms with Gasteiger partial charge >= 0.3 is 0 Å². The van der Waals surface area contributed by atoms with Crippen molar-refractivity contribution in [2.45, 2.75) is 13.3 Å². The number of benzene rings is 1. The lowest BCUT2D eigenvalue weighted by Gasteiger charge is -2.07. The minimum atomic E-state index is -2.49. The van der Waals surface area contributed by atoms with E-state index in [1.165, 1.54) is 0 Å². The Hall–Kier alpha value is -1.69. The van der Waals surface area contributed by atoms with Gasteiger partial charge in [0.1, 0.15) is 6.61 Å². The van der Waals surface area contributed by atoms with Gasteiger partial charge in [0, 0.05) is 17.8 Å². The third kappa shape index (κ3) is 4.67. The maximum absolute atomic E-state index is 11.7. The van der Waals surface area contributed by atoms with E-state index < -0.39 is 13.0 Å². The van der Waals surface area contributed by atoms with Crippen molar-refractivity contribution in [3.63, 3.8) is 0 Å². The largest absolute Gasteiger partial charge is 0.399 e. The van der Waals surface area contributed by atoms with Gasteiger partial charge in [-0.05, 0) is 30.7 Å². The van der Waals surface area contributed by atoms with Gasteiger partial charge in [0.05, 0.1) is 6.61 Å². The van der Waals surface area contributed by atoms with Crippen molar-refractivity contribution < 1.29 is 18.3 Å². The van der Waals surface area contributed by atoms with Crippen molar-refractivity contribution in [2.75, 3.05) is 25.5 Å². The second kappa shape index (κ2) is 6.90. The minimum Gasteiger partial charge on any atom is -0.399 e. The third-order valence-electron chi connectivity index (χ3n) is 2.31. The molecule has 0 aliphatic rings. The minimum absolute atomic E-state index is 0.0596. The van der Waals surface area contributed by atoms with Gasteiger partial charge in [-0.15, -0.1) is 0 Å². The van der Waals surface area contributed by atoms with Gasteiger partial charge in [-0.1, -0.05) is 0 Å². The summed E-state index contributed by atoms with van der Waals surface area (Å²) in [4.78, 5) is 11.6. The maximum Gasteiger partial charge on any atom is 0.261 e. The molecule has 0 aliphatic carbocycles. The molecule has 4 nitrogen and oxygen atoms in total. The summed E-state index contributed by atoms with van der Waals surface area (Å²) in [6.07, 6.45) is -2.49. The van der Waals surface area contributed by atoms with Crippen LogP contribution in [-0.4, -0.2) is 32.1 Å². The van der Waals surface area contributed by atoms with E-state index in [4.69, 9.17) is 5.73 Å². The van der Waals surface area contributed by atoms with Crippen LogP contribution in [0.3, 0.4) is 0 Å². The number of hydrogen-bond acceptors (Lipinski definition) is 3. The van der Waals surface area contributed by atoms with Crippen molar-refractivity contribution in [3.8, 4) is 0 Å². The summed E-state index contributed by atoms with van der Waals surface area (Å²) in [7, 11) is 0. The number of carbonyl (C=O) groups excluding carboxylic acids is 1. The molecule has 0 fully saturated rings. The first-order valence-corrected chi connectivity index (χ1v) is 5.51. The van der Waals surface area contributed by atoms with Gasteiger partial charge in [0.2, 0.25) is 0 Å². The topological polar surface area (TPSA) is 64.3 Å². The number of alkyl halides is 2. The Morgan fingerprint density at radius 1 is 1.50 bits per heavy atom. The molecule has 0 spiro atoms. The van der Waals surface area contributed by atoms with Crippen LogP contribution in [0.5, 0.6) is 0 Å². The fraction of sp³-hybridized carbons (Fsp3) is 0.417. The monoisotopic (exact) mass is 258 g/mol. The van der Waals surface area contributed by atoms with Gasteiger partial charge in [-0.25, -0.2) is 8.78 Å². The molecule has 0 radical (unpaired) electrons. The number of anilines is 1. The van der Waals surface area contributed by atoms with Crippen LogP contribution in [0.4, 0.5) is 14.5 Å². The molecule has 0 bridgehead atoms. The Labute approximate surface area is 104 Å². The van der Waals surface area contributed by atoms with Crippen LogP contribution in [0.1, 0.15) is 15.9 Å². The second-order valence-electron chi connectivity index (χ2n) is 3.79. The Bertz CT molecular complexity index is 411. The predicted molar refractivity (Wildman–Crippen MR) is 64.7 cm³/mol. The first kappa shape index (κ1) is 14.4. The van der Waals surface area contributed by atoms with Crippen LogP contribution in [0.2, 0.25) is 0 Å². The number of amides is 1. The van der Waals surface area contributed by atoms with Crippen LogP contribution < -0.4 is 11.1 Å². The number of halogens is 2. The highest BCUT2D eigenvalue weighted by atomic mass is 19.3. The molecular formula is C12H16F2N2O2. The highest BCUT2D eigenvalue weighted by Gasteiger charge is 2.06. The van der Waals surface area contributed by atoms with Crippen molar-refractivity contribution >= 4 is 11.6 Å². The first-order chi connectivity index (χ1) is 8.50. The molecule has 1 aromatic rings. The van der Waals surface area contributed by atoms with E-state index in [1.54, 1.807) is 25.1 Å². The van der Waals surface area contributed by atoms with E-state index in [0.29, 0.717) is 11.3 Å². The van der Waals surface area contributed by atoms with Gasteiger partial charge in [0.25, 0.3) is 12.3 Å². The fourth-order valence-electron chi connectivity index (χ4n) is 1.33. The first-order valence-electron chi connectivity index (χ1n) is 5.51. The molecule has 18 heavy (non-hydrogen) atoms. The lowest BCUT2D eigenvalue weighted by Crippen LogP contribution is -2.27. The molecule has 1 amide bonds. The van der Waals surface area contributed by atoms with Crippen molar-refractivity contribution in [1.29, 1.82) is 0 Å². The summed E-state index contributed by atoms with van der Waals surface area (Å²) in [6, 6.07) is 4.93. The van der Waals surface area contributed by atoms with Gasteiger partial charge in [-0.3, -0.25) is 4.79 Å². The number of nitrogen functional groups attached to an aromatic ring is 1. The van der Waals surface area contributed by atoms with E-state index in [9.17, 15) is 13.6 Å². The second-order valence-corrected chi connectivity index (χ2v) is 3.79. The number of hydrogen-bond donors (Lipinski definition) is 2. The SMILES string of the molecule is Cc1cc(C(=O)NCCOCC(F)F)ccc1N. The lowest BCUT2D eigenvalue weighted by molar-refractivity contribution is 0.0188. The quantitative estimate of drug-likeness (QED) is 0.601. The Morgan fingerprint density at radius 3 is 2.83 bits per heavy atom. The van der Waals surface area contributed by atoms with Gasteiger partial charge in [-0.2, -0.15) is 0 Å². The molecule has 1 rings (SSSR count). The summed E-state index contributed by atoms with van der Waals surface area (Å²) in [5.41, 5.74) is 7.55. The number of nitrogens with two attached hydrogens (primary N) is 1. The summed E-state index contributed by atoms with van der Waals surface area (Å²) < 4.78 is 28.1. The molecule has 0 aromatic heterocycles. The normalized spacial score (nSPS) is 10.7. The van der Waals surface area contributed by atoms with Crippen molar-refractivity contribution in [1.82, 2.24) is 5.32 Å². The molecule has 6 heteroatoms. The van der Waals surface area contributed by atoms with Crippen molar-refractivity contribution in [3.05, 3.63) is 29.3 Å². The molecule has 1 aromatic carbocycles. The number of carbonyl (C=O) groups is 1. The van der Waals surface area contributed by atoms with E-state index in [-0.39, 0.29) is 19.1 Å². The van der Waals surface area contributed by atoms with Crippen molar-refractivity contribution in [2.24, 2.45) is 0 Å².